The lowest BCUT2D eigenvalue weighted by molar-refractivity contribution is -0.137. The Morgan fingerprint density at radius 1 is 1.43 bits per heavy atom. The number of carbonyl (C=O) groups is 2. The first-order chi connectivity index (χ1) is 10.1. The van der Waals surface area contributed by atoms with Crippen molar-refractivity contribution >= 4 is 23.2 Å². The monoisotopic (exact) mass is 306 g/mol. The summed E-state index contributed by atoms with van der Waals surface area (Å²) in [7, 11) is 1.49. The molecule has 0 radical (unpaired) electrons. The van der Waals surface area contributed by atoms with Gasteiger partial charge in [-0.15, -0.1) is 11.3 Å². The predicted molar refractivity (Wildman–Crippen MR) is 77.6 cm³/mol. The minimum Gasteiger partial charge on any atom is -0.481 e. The number of nitrogens with one attached hydrogen (secondary N) is 1. The third-order valence-corrected chi connectivity index (χ3v) is 3.76. The Morgan fingerprint density at radius 2 is 2.24 bits per heavy atom. The van der Waals surface area contributed by atoms with Gasteiger partial charge in [0, 0.05) is 17.1 Å². The number of pyridine rings is 1. The Hall–Kier alpha value is -2.41. The van der Waals surface area contributed by atoms with Crippen LogP contribution in [0.3, 0.4) is 0 Å². The molecule has 2 aromatic heterocycles. The number of carbonyl (C=O) groups excluding carboxylic acids is 1. The molecule has 110 valence electrons. The number of ether oxygens (including phenoxy) is 1. The average Bonchev–Trinajstić information content (AvgIpc) is 3.00. The number of rotatable bonds is 6. The van der Waals surface area contributed by atoms with E-state index in [1.54, 1.807) is 18.2 Å². The standard InChI is InChI=1S/C14H14N2O4S/c1-20-12-5-4-9(8-15-12)14(19)16-10(7-13(17)18)11-3-2-6-21-11/h2-6,8,10H,7H2,1H3,(H,16,19)(H,17,18)/t10-/m0/s1. The fourth-order valence-electron chi connectivity index (χ4n) is 1.76. The molecule has 6 nitrogen and oxygen atoms in total. The van der Waals surface area contributed by atoms with Gasteiger partial charge in [0.05, 0.1) is 25.1 Å². The van der Waals surface area contributed by atoms with Gasteiger partial charge < -0.3 is 15.2 Å². The van der Waals surface area contributed by atoms with Crippen LogP contribution < -0.4 is 10.1 Å². The number of amides is 1. The highest BCUT2D eigenvalue weighted by atomic mass is 32.1. The summed E-state index contributed by atoms with van der Waals surface area (Å²) in [6.07, 6.45) is 1.22. The second-order valence-corrected chi connectivity index (χ2v) is 5.21. The number of aromatic nitrogens is 1. The Bertz CT molecular complexity index is 610. The van der Waals surface area contributed by atoms with Crippen LogP contribution in [0.15, 0.2) is 35.8 Å². The van der Waals surface area contributed by atoms with Gasteiger partial charge in [-0.25, -0.2) is 4.98 Å². The lowest BCUT2D eigenvalue weighted by Crippen LogP contribution is -2.29. The van der Waals surface area contributed by atoms with E-state index in [1.807, 2.05) is 11.4 Å². The molecule has 0 aliphatic rings. The van der Waals surface area contributed by atoms with Gasteiger partial charge >= 0.3 is 5.97 Å². The van der Waals surface area contributed by atoms with Crippen LogP contribution in [0.25, 0.3) is 0 Å². The van der Waals surface area contributed by atoms with Gasteiger partial charge in [0.15, 0.2) is 0 Å². The molecule has 2 rings (SSSR count). The van der Waals surface area contributed by atoms with E-state index in [1.165, 1.54) is 24.6 Å². The molecule has 0 saturated heterocycles. The van der Waals surface area contributed by atoms with Crippen molar-refractivity contribution in [2.45, 2.75) is 12.5 Å². The largest absolute Gasteiger partial charge is 0.481 e. The van der Waals surface area contributed by atoms with Crippen molar-refractivity contribution in [2.75, 3.05) is 7.11 Å². The van der Waals surface area contributed by atoms with Gasteiger partial charge in [-0.05, 0) is 17.5 Å². The molecular formula is C14H14N2O4S. The lowest BCUT2D eigenvalue weighted by Gasteiger charge is -2.15. The second-order valence-electron chi connectivity index (χ2n) is 4.23. The van der Waals surface area contributed by atoms with Crippen LogP contribution in [0.4, 0.5) is 0 Å². The topological polar surface area (TPSA) is 88.5 Å². The average molecular weight is 306 g/mol. The van der Waals surface area contributed by atoms with Crippen molar-refractivity contribution in [1.82, 2.24) is 10.3 Å². The maximum atomic E-state index is 12.2. The molecule has 2 aromatic rings. The van der Waals surface area contributed by atoms with Gasteiger partial charge in [0.1, 0.15) is 0 Å². The molecule has 0 aliphatic heterocycles. The quantitative estimate of drug-likeness (QED) is 0.853. The van der Waals surface area contributed by atoms with Gasteiger partial charge in [0.25, 0.3) is 5.91 Å². The molecule has 0 aromatic carbocycles. The normalized spacial score (nSPS) is 11.7. The van der Waals surface area contributed by atoms with Crippen LogP contribution >= 0.6 is 11.3 Å². The number of thiophene rings is 1. The molecule has 2 heterocycles. The van der Waals surface area contributed by atoms with Gasteiger partial charge in [0.2, 0.25) is 5.88 Å². The molecule has 0 spiro atoms. The first-order valence-electron chi connectivity index (χ1n) is 6.16. The predicted octanol–water partition coefficient (Wildman–Crippen LogP) is 2.10. The second kappa shape index (κ2) is 6.85. The Labute approximate surface area is 125 Å². The minimum atomic E-state index is -0.971. The van der Waals surface area contributed by atoms with E-state index in [4.69, 9.17) is 9.84 Å². The first kappa shape index (κ1) is 15.0. The molecule has 21 heavy (non-hydrogen) atoms. The third kappa shape index (κ3) is 4.03. The lowest BCUT2D eigenvalue weighted by atomic mass is 10.1. The molecule has 0 bridgehead atoms. The number of carboxylic acid groups (broad SMARTS) is 1. The number of hydrogen-bond donors (Lipinski definition) is 2. The number of carboxylic acids is 1. The van der Waals surface area contributed by atoms with Crippen LogP contribution in [-0.2, 0) is 4.79 Å². The van der Waals surface area contributed by atoms with Crippen LogP contribution in [0.5, 0.6) is 5.88 Å². The highest BCUT2D eigenvalue weighted by molar-refractivity contribution is 7.10. The SMILES string of the molecule is COc1ccc(C(=O)N[C@@H](CC(=O)O)c2cccs2)cn1. The van der Waals surface area contributed by atoms with E-state index in [0.29, 0.717) is 11.4 Å². The fourth-order valence-corrected chi connectivity index (χ4v) is 2.54. The molecule has 0 aliphatic carbocycles. The van der Waals surface area contributed by atoms with Crippen LogP contribution in [-0.4, -0.2) is 29.1 Å². The molecule has 2 N–H and O–H groups in total. The van der Waals surface area contributed by atoms with E-state index >= 15 is 0 Å². The zero-order valence-electron chi connectivity index (χ0n) is 11.3. The van der Waals surface area contributed by atoms with Gasteiger partial charge in [-0.1, -0.05) is 6.07 Å². The summed E-state index contributed by atoms with van der Waals surface area (Å²) in [5.41, 5.74) is 0.350. The highest BCUT2D eigenvalue weighted by Gasteiger charge is 2.19. The summed E-state index contributed by atoms with van der Waals surface area (Å²) in [6.45, 7) is 0. The summed E-state index contributed by atoms with van der Waals surface area (Å²) in [4.78, 5) is 27.8. The maximum absolute atomic E-state index is 12.2. The van der Waals surface area contributed by atoms with Crippen molar-refractivity contribution in [3.63, 3.8) is 0 Å². The fraction of sp³-hybridized carbons (Fsp3) is 0.214. The summed E-state index contributed by atoms with van der Waals surface area (Å²) < 4.78 is 4.92. The Morgan fingerprint density at radius 3 is 2.76 bits per heavy atom. The zero-order chi connectivity index (χ0) is 15.2. The number of nitrogens with zero attached hydrogens (tertiary/aromatic N) is 1. The van der Waals surface area contributed by atoms with E-state index in [-0.39, 0.29) is 12.3 Å². The summed E-state index contributed by atoms with van der Waals surface area (Å²) in [5.74, 6) is -0.932. The van der Waals surface area contributed by atoms with E-state index in [9.17, 15) is 9.59 Å². The number of methoxy groups -OCH3 is 1. The molecule has 0 unspecified atom stereocenters. The van der Waals surface area contributed by atoms with E-state index in [0.717, 1.165) is 4.88 Å². The van der Waals surface area contributed by atoms with Gasteiger partial charge in [-0.2, -0.15) is 0 Å². The van der Waals surface area contributed by atoms with Crippen molar-refractivity contribution in [3.05, 3.63) is 46.3 Å². The van der Waals surface area contributed by atoms with E-state index < -0.39 is 12.0 Å². The number of hydrogen-bond acceptors (Lipinski definition) is 5. The molecule has 1 amide bonds. The molecule has 0 fully saturated rings. The van der Waals surface area contributed by atoms with Crippen LogP contribution in [0, 0.1) is 0 Å². The third-order valence-electron chi connectivity index (χ3n) is 2.78. The Balaban J connectivity index is 2.11. The maximum Gasteiger partial charge on any atom is 0.305 e. The Kier molecular flexibility index (Phi) is 4.89. The molecule has 7 heteroatoms. The molecule has 1 atom stereocenters. The van der Waals surface area contributed by atoms with E-state index in [2.05, 4.69) is 10.3 Å². The molecule has 0 saturated carbocycles. The minimum absolute atomic E-state index is 0.171. The smallest absolute Gasteiger partial charge is 0.305 e. The summed E-state index contributed by atoms with van der Waals surface area (Å²) >= 11 is 1.40. The van der Waals surface area contributed by atoms with Crippen molar-refractivity contribution in [1.29, 1.82) is 0 Å². The van der Waals surface area contributed by atoms with Crippen molar-refractivity contribution in [2.24, 2.45) is 0 Å². The highest BCUT2D eigenvalue weighted by Crippen LogP contribution is 2.22. The summed E-state index contributed by atoms with van der Waals surface area (Å²) in [6, 6.07) is 6.21. The number of aliphatic carboxylic acids is 1. The first-order valence-corrected chi connectivity index (χ1v) is 7.04. The van der Waals surface area contributed by atoms with Crippen LogP contribution in [0.2, 0.25) is 0 Å². The van der Waals surface area contributed by atoms with Crippen molar-refractivity contribution < 1.29 is 19.4 Å². The summed E-state index contributed by atoms with van der Waals surface area (Å²) in [5, 5.41) is 13.5. The zero-order valence-corrected chi connectivity index (χ0v) is 12.1. The molecular weight excluding hydrogens is 292 g/mol. The van der Waals surface area contributed by atoms with Crippen LogP contribution in [0.1, 0.15) is 27.7 Å². The van der Waals surface area contributed by atoms with Crippen molar-refractivity contribution in [3.8, 4) is 5.88 Å². The van der Waals surface area contributed by atoms with Gasteiger partial charge in [-0.3, -0.25) is 9.59 Å².